The molecule has 0 bridgehead atoms. The smallest absolute Gasteiger partial charge is 0.227 e. The Morgan fingerprint density at radius 1 is 0.964 bits per heavy atom. The highest BCUT2D eigenvalue weighted by Crippen LogP contribution is 2.30. The molecular formula is C23H27FN2O2. The van der Waals surface area contributed by atoms with E-state index in [9.17, 15) is 14.0 Å². The van der Waals surface area contributed by atoms with Crippen LogP contribution in [0.2, 0.25) is 0 Å². The SMILES string of the molecule is Cc1cccc(NC(=O)C2CCC(C(=O)NCCc3ccc(F)cc3)CC2)c1. The molecule has 148 valence electrons. The standard InChI is InChI=1S/C23H27FN2O2/c1-16-3-2-4-21(15-16)26-23(28)19-9-7-18(8-10-19)22(27)25-14-13-17-5-11-20(24)12-6-17/h2-6,11-12,15,18-19H,7-10,13-14H2,1H3,(H,25,27)(H,26,28). The third-order valence-corrected chi connectivity index (χ3v) is 5.38. The molecule has 3 rings (SSSR count). The first-order valence-electron chi connectivity index (χ1n) is 9.91. The minimum Gasteiger partial charge on any atom is -0.356 e. The van der Waals surface area contributed by atoms with Crippen molar-refractivity contribution in [1.82, 2.24) is 5.32 Å². The van der Waals surface area contributed by atoms with Crippen molar-refractivity contribution in [3.63, 3.8) is 0 Å². The number of rotatable bonds is 6. The van der Waals surface area contributed by atoms with Crippen LogP contribution in [0.25, 0.3) is 0 Å². The predicted molar refractivity (Wildman–Crippen MR) is 108 cm³/mol. The van der Waals surface area contributed by atoms with Gasteiger partial charge in [0.25, 0.3) is 0 Å². The van der Waals surface area contributed by atoms with Gasteiger partial charge in [-0.25, -0.2) is 4.39 Å². The van der Waals surface area contributed by atoms with Crippen molar-refractivity contribution in [2.24, 2.45) is 11.8 Å². The van der Waals surface area contributed by atoms with Gasteiger partial charge in [-0.2, -0.15) is 0 Å². The van der Waals surface area contributed by atoms with Crippen LogP contribution < -0.4 is 10.6 Å². The number of nitrogens with one attached hydrogen (secondary N) is 2. The highest BCUT2D eigenvalue weighted by Gasteiger charge is 2.29. The zero-order valence-corrected chi connectivity index (χ0v) is 16.2. The Kier molecular flexibility index (Phi) is 6.80. The van der Waals surface area contributed by atoms with E-state index >= 15 is 0 Å². The molecule has 0 radical (unpaired) electrons. The molecule has 2 amide bonds. The van der Waals surface area contributed by atoms with Gasteiger partial charge in [0.05, 0.1) is 0 Å². The topological polar surface area (TPSA) is 58.2 Å². The van der Waals surface area contributed by atoms with Gasteiger partial charge in [0.15, 0.2) is 0 Å². The van der Waals surface area contributed by atoms with Crippen molar-refractivity contribution < 1.29 is 14.0 Å². The van der Waals surface area contributed by atoms with Crippen molar-refractivity contribution in [3.8, 4) is 0 Å². The van der Waals surface area contributed by atoms with Gasteiger partial charge < -0.3 is 10.6 Å². The maximum atomic E-state index is 12.9. The highest BCUT2D eigenvalue weighted by molar-refractivity contribution is 5.92. The van der Waals surface area contributed by atoms with E-state index < -0.39 is 0 Å². The van der Waals surface area contributed by atoms with Gasteiger partial charge in [0.1, 0.15) is 5.82 Å². The van der Waals surface area contributed by atoms with E-state index in [0.717, 1.165) is 42.5 Å². The molecule has 0 aromatic heterocycles. The van der Waals surface area contributed by atoms with Crippen LogP contribution >= 0.6 is 0 Å². The van der Waals surface area contributed by atoms with E-state index in [1.165, 1.54) is 12.1 Å². The summed E-state index contributed by atoms with van der Waals surface area (Å²) in [5.74, 6) is -0.226. The third kappa shape index (κ3) is 5.65. The van der Waals surface area contributed by atoms with Gasteiger partial charge >= 0.3 is 0 Å². The van der Waals surface area contributed by atoms with Crippen LogP contribution in [0.1, 0.15) is 36.8 Å². The summed E-state index contributed by atoms with van der Waals surface area (Å²) in [4.78, 5) is 24.8. The highest BCUT2D eigenvalue weighted by atomic mass is 19.1. The molecule has 0 spiro atoms. The molecule has 0 heterocycles. The lowest BCUT2D eigenvalue weighted by molar-refractivity contribution is -0.128. The molecule has 2 aromatic rings. The van der Waals surface area contributed by atoms with Gasteiger partial charge in [-0.15, -0.1) is 0 Å². The first kappa shape index (κ1) is 20.1. The van der Waals surface area contributed by atoms with Crippen molar-refractivity contribution in [2.75, 3.05) is 11.9 Å². The number of amides is 2. The normalized spacial score (nSPS) is 19.1. The maximum absolute atomic E-state index is 12.9. The molecule has 2 aromatic carbocycles. The molecule has 4 nitrogen and oxygen atoms in total. The molecule has 2 N–H and O–H groups in total. The fraction of sp³-hybridized carbons (Fsp3) is 0.391. The first-order valence-corrected chi connectivity index (χ1v) is 9.91. The molecule has 0 aliphatic heterocycles. The third-order valence-electron chi connectivity index (χ3n) is 5.38. The van der Waals surface area contributed by atoms with Crippen molar-refractivity contribution in [2.45, 2.75) is 39.0 Å². The number of carbonyl (C=O) groups excluding carboxylic acids is 2. The van der Waals surface area contributed by atoms with Gasteiger partial charge in [-0.05, 0) is 74.4 Å². The van der Waals surface area contributed by atoms with E-state index in [2.05, 4.69) is 10.6 Å². The molecule has 0 atom stereocenters. The molecule has 1 fully saturated rings. The van der Waals surface area contributed by atoms with Crippen molar-refractivity contribution in [3.05, 3.63) is 65.5 Å². The summed E-state index contributed by atoms with van der Waals surface area (Å²) in [5.41, 5.74) is 2.93. The van der Waals surface area contributed by atoms with Gasteiger partial charge in [-0.1, -0.05) is 24.3 Å². The summed E-state index contributed by atoms with van der Waals surface area (Å²) in [6.45, 7) is 2.54. The summed E-state index contributed by atoms with van der Waals surface area (Å²) in [6.07, 6.45) is 3.60. The summed E-state index contributed by atoms with van der Waals surface area (Å²) in [6, 6.07) is 14.1. The molecule has 28 heavy (non-hydrogen) atoms. The molecular weight excluding hydrogens is 355 g/mol. The average molecular weight is 382 g/mol. The molecule has 0 saturated heterocycles. The monoisotopic (exact) mass is 382 g/mol. The van der Waals surface area contributed by atoms with E-state index in [1.54, 1.807) is 12.1 Å². The summed E-state index contributed by atoms with van der Waals surface area (Å²) in [5, 5.41) is 5.96. The molecule has 5 heteroatoms. The van der Waals surface area contributed by atoms with Crippen LogP contribution in [0, 0.1) is 24.6 Å². The molecule has 1 aliphatic rings. The van der Waals surface area contributed by atoms with Crippen LogP contribution in [0.3, 0.4) is 0 Å². The molecule has 1 aliphatic carbocycles. The number of hydrogen-bond donors (Lipinski definition) is 2. The second-order valence-electron chi connectivity index (χ2n) is 7.57. The van der Waals surface area contributed by atoms with Gasteiger partial charge in [0.2, 0.25) is 11.8 Å². The quantitative estimate of drug-likeness (QED) is 0.785. The van der Waals surface area contributed by atoms with Gasteiger partial charge in [0, 0.05) is 24.1 Å². The zero-order chi connectivity index (χ0) is 19.9. The second kappa shape index (κ2) is 9.49. The minimum absolute atomic E-state index is 0.0313. The Labute approximate surface area is 165 Å². The minimum atomic E-state index is -0.254. The van der Waals surface area contributed by atoms with Crippen molar-refractivity contribution >= 4 is 17.5 Å². The van der Waals surface area contributed by atoms with Crippen LogP contribution in [0.4, 0.5) is 10.1 Å². The fourth-order valence-corrected chi connectivity index (χ4v) is 3.71. The fourth-order valence-electron chi connectivity index (χ4n) is 3.71. The van der Waals surface area contributed by atoms with Crippen LogP contribution in [0.5, 0.6) is 0 Å². The second-order valence-corrected chi connectivity index (χ2v) is 7.57. The van der Waals surface area contributed by atoms with E-state index in [1.807, 2.05) is 31.2 Å². The van der Waals surface area contributed by atoms with E-state index in [-0.39, 0.29) is 29.5 Å². The number of carbonyl (C=O) groups is 2. The Hall–Kier alpha value is -2.69. The number of halogens is 1. The summed E-state index contributed by atoms with van der Waals surface area (Å²) in [7, 11) is 0. The van der Waals surface area contributed by atoms with Crippen LogP contribution in [-0.2, 0) is 16.0 Å². The number of aryl methyl sites for hydroxylation is 1. The number of benzene rings is 2. The maximum Gasteiger partial charge on any atom is 0.227 e. The number of anilines is 1. The van der Waals surface area contributed by atoms with E-state index in [4.69, 9.17) is 0 Å². The van der Waals surface area contributed by atoms with Crippen molar-refractivity contribution in [1.29, 1.82) is 0 Å². The largest absolute Gasteiger partial charge is 0.356 e. The number of hydrogen-bond acceptors (Lipinski definition) is 2. The lowest BCUT2D eigenvalue weighted by Gasteiger charge is -2.27. The molecule has 1 saturated carbocycles. The van der Waals surface area contributed by atoms with Crippen LogP contribution in [-0.4, -0.2) is 18.4 Å². The molecule has 0 unspecified atom stereocenters. The first-order chi connectivity index (χ1) is 13.5. The van der Waals surface area contributed by atoms with E-state index in [0.29, 0.717) is 13.0 Å². The summed E-state index contributed by atoms with van der Waals surface area (Å²) >= 11 is 0. The summed E-state index contributed by atoms with van der Waals surface area (Å²) < 4.78 is 12.9. The van der Waals surface area contributed by atoms with Gasteiger partial charge in [-0.3, -0.25) is 9.59 Å². The lowest BCUT2D eigenvalue weighted by Crippen LogP contribution is -2.36. The van der Waals surface area contributed by atoms with Crippen LogP contribution in [0.15, 0.2) is 48.5 Å². The Balaban J connectivity index is 1.39. The lowest BCUT2D eigenvalue weighted by atomic mass is 9.81. The zero-order valence-electron chi connectivity index (χ0n) is 16.2. The Morgan fingerprint density at radius 2 is 1.61 bits per heavy atom. The predicted octanol–water partition coefficient (Wildman–Crippen LogP) is 4.24. The Morgan fingerprint density at radius 3 is 2.25 bits per heavy atom. The Bertz CT molecular complexity index is 812. The average Bonchev–Trinajstić information content (AvgIpc) is 2.69.